The SMILES string of the molecule is COc1ccc2c(ccc3cc([C@@H](OC(C)=O)[C@H](OC(C)=O)c4ccccc4Br)ccc32)c1OC. The van der Waals surface area contributed by atoms with Gasteiger partial charge in [0.25, 0.3) is 0 Å². The second-order valence-corrected chi connectivity index (χ2v) is 8.88. The van der Waals surface area contributed by atoms with Crippen molar-refractivity contribution < 1.29 is 28.5 Å². The Balaban J connectivity index is 1.88. The quantitative estimate of drug-likeness (QED) is 0.194. The Morgan fingerprint density at radius 3 is 2.06 bits per heavy atom. The first kappa shape index (κ1) is 24.5. The summed E-state index contributed by atoms with van der Waals surface area (Å²) in [5, 5.41) is 3.86. The van der Waals surface area contributed by atoms with Gasteiger partial charge in [-0.1, -0.05) is 52.3 Å². The first-order valence-electron chi connectivity index (χ1n) is 11.0. The molecular formula is C28H25BrO6. The van der Waals surface area contributed by atoms with Crippen LogP contribution >= 0.6 is 15.9 Å². The number of ether oxygens (including phenoxy) is 4. The van der Waals surface area contributed by atoms with Crippen LogP contribution in [0.25, 0.3) is 21.5 Å². The molecule has 0 aliphatic heterocycles. The highest BCUT2D eigenvalue weighted by atomic mass is 79.9. The highest BCUT2D eigenvalue weighted by Gasteiger charge is 2.32. The number of methoxy groups -OCH3 is 2. The highest BCUT2D eigenvalue weighted by molar-refractivity contribution is 9.10. The van der Waals surface area contributed by atoms with Crippen LogP contribution in [-0.4, -0.2) is 26.2 Å². The molecule has 6 nitrogen and oxygen atoms in total. The van der Waals surface area contributed by atoms with Crippen molar-refractivity contribution in [3.05, 3.63) is 82.3 Å². The molecule has 0 aliphatic carbocycles. The van der Waals surface area contributed by atoms with E-state index in [0.717, 1.165) is 26.0 Å². The monoisotopic (exact) mass is 536 g/mol. The van der Waals surface area contributed by atoms with E-state index >= 15 is 0 Å². The van der Waals surface area contributed by atoms with Crippen molar-refractivity contribution in [2.24, 2.45) is 0 Å². The van der Waals surface area contributed by atoms with E-state index in [0.29, 0.717) is 22.6 Å². The summed E-state index contributed by atoms with van der Waals surface area (Å²) in [5.74, 6) is 0.367. The molecule has 0 fully saturated rings. The van der Waals surface area contributed by atoms with E-state index in [9.17, 15) is 9.59 Å². The van der Waals surface area contributed by atoms with Crippen LogP contribution in [0.5, 0.6) is 11.5 Å². The van der Waals surface area contributed by atoms with Crippen molar-refractivity contribution in [3.8, 4) is 11.5 Å². The lowest BCUT2D eigenvalue weighted by Gasteiger charge is -2.28. The molecule has 0 aliphatic rings. The van der Waals surface area contributed by atoms with E-state index in [2.05, 4.69) is 15.9 Å². The lowest BCUT2D eigenvalue weighted by atomic mass is 9.94. The van der Waals surface area contributed by atoms with Crippen molar-refractivity contribution in [1.29, 1.82) is 0 Å². The van der Waals surface area contributed by atoms with Gasteiger partial charge in [-0.3, -0.25) is 9.59 Å². The maximum absolute atomic E-state index is 12.1. The summed E-state index contributed by atoms with van der Waals surface area (Å²) in [4.78, 5) is 24.1. The molecule has 0 aromatic heterocycles. The van der Waals surface area contributed by atoms with Crippen LogP contribution in [0, 0.1) is 0 Å². The van der Waals surface area contributed by atoms with Crippen molar-refractivity contribution in [2.75, 3.05) is 14.2 Å². The van der Waals surface area contributed by atoms with Gasteiger partial charge in [-0.15, -0.1) is 0 Å². The van der Waals surface area contributed by atoms with Gasteiger partial charge >= 0.3 is 11.9 Å². The topological polar surface area (TPSA) is 71.1 Å². The van der Waals surface area contributed by atoms with Crippen molar-refractivity contribution in [1.82, 2.24) is 0 Å². The Morgan fingerprint density at radius 2 is 1.40 bits per heavy atom. The Hall–Kier alpha value is -3.58. The number of rotatable bonds is 7. The minimum absolute atomic E-state index is 0.476. The van der Waals surface area contributed by atoms with E-state index in [1.807, 2.05) is 66.7 Å². The van der Waals surface area contributed by atoms with Crippen molar-refractivity contribution >= 4 is 49.4 Å². The Bertz CT molecular complexity index is 1410. The fourth-order valence-corrected chi connectivity index (χ4v) is 4.83. The predicted octanol–water partition coefficient (Wildman–Crippen LogP) is 6.68. The summed E-state index contributed by atoms with van der Waals surface area (Å²) >= 11 is 3.53. The third-order valence-corrected chi connectivity index (χ3v) is 6.50. The lowest BCUT2D eigenvalue weighted by Crippen LogP contribution is -2.22. The molecule has 0 unspecified atom stereocenters. The highest BCUT2D eigenvalue weighted by Crippen LogP contribution is 2.42. The zero-order valence-corrected chi connectivity index (χ0v) is 21.4. The fourth-order valence-electron chi connectivity index (χ4n) is 4.32. The summed E-state index contributed by atoms with van der Waals surface area (Å²) in [6.45, 7) is 2.68. The minimum Gasteiger partial charge on any atom is -0.493 e. The summed E-state index contributed by atoms with van der Waals surface area (Å²) in [6.07, 6.45) is -1.69. The number of halogens is 1. The standard InChI is InChI=1S/C28H25BrO6/c1-16(30)34-26(28(35-17(2)31)23-7-5-6-8-24(23)29)19-10-11-20-18(15-19)9-12-22-21(20)13-14-25(32-3)27(22)33-4/h5-15,26,28H,1-4H3/t26-,28-/m1/s1. The van der Waals surface area contributed by atoms with Crippen molar-refractivity contribution in [2.45, 2.75) is 26.1 Å². The molecule has 35 heavy (non-hydrogen) atoms. The molecule has 0 radical (unpaired) electrons. The van der Waals surface area contributed by atoms with E-state index in [1.54, 1.807) is 14.2 Å². The molecule has 0 amide bonds. The largest absolute Gasteiger partial charge is 0.493 e. The molecule has 4 aromatic carbocycles. The van der Waals surface area contributed by atoms with Gasteiger partial charge < -0.3 is 18.9 Å². The molecule has 0 heterocycles. The molecule has 7 heteroatoms. The van der Waals surface area contributed by atoms with Gasteiger partial charge in [0.15, 0.2) is 23.7 Å². The smallest absolute Gasteiger partial charge is 0.303 e. The maximum Gasteiger partial charge on any atom is 0.303 e. The van der Waals surface area contributed by atoms with E-state index in [4.69, 9.17) is 18.9 Å². The molecule has 180 valence electrons. The van der Waals surface area contributed by atoms with E-state index < -0.39 is 24.1 Å². The molecule has 0 N–H and O–H groups in total. The fraction of sp³-hybridized carbons (Fsp3) is 0.214. The molecule has 2 atom stereocenters. The third-order valence-electron chi connectivity index (χ3n) is 5.78. The molecule has 0 bridgehead atoms. The third kappa shape index (κ3) is 4.95. The van der Waals surface area contributed by atoms with Gasteiger partial charge in [-0.2, -0.15) is 0 Å². The van der Waals surface area contributed by atoms with Crippen LogP contribution in [0.4, 0.5) is 0 Å². The molecule has 4 aromatic rings. The zero-order chi connectivity index (χ0) is 25.1. The Morgan fingerprint density at radius 1 is 0.743 bits per heavy atom. The van der Waals surface area contributed by atoms with E-state index in [1.165, 1.54) is 13.8 Å². The number of esters is 2. The van der Waals surface area contributed by atoms with Gasteiger partial charge in [0, 0.05) is 29.3 Å². The van der Waals surface area contributed by atoms with Crippen LogP contribution in [-0.2, 0) is 19.1 Å². The first-order valence-corrected chi connectivity index (χ1v) is 11.8. The normalized spacial score (nSPS) is 12.7. The summed E-state index contributed by atoms with van der Waals surface area (Å²) in [6, 6.07) is 21.0. The lowest BCUT2D eigenvalue weighted by molar-refractivity contribution is -0.167. The molecule has 0 saturated heterocycles. The van der Waals surface area contributed by atoms with Crippen molar-refractivity contribution in [3.63, 3.8) is 0 Å². The second-order valence-electron chi connectivity index (χ2n) is 8.02. The Kier molecular flexibility index (Phi) is 7.26. The molecular weight excluding hydrogens is 512 g/mol. The number of fused-ring (bicyclic) bond motifs is 3. The predicted molar refractivity (Wildman–Crippen MR) is 138 cm³/mol. The minimum atomic E-state index is -0.847. The average molecular weight is 537 g/mol. The van der Waals surface area contributed by atoms with Crippen LogP contribution in [0.15, 0.2) is 71.2 Å². The van der Waals surface area contributed by atoms with Gasteiger partial charge in [0.05, 0.1) is 14.2 Å². The molecule has 0 saturated carbocycles. The van der Waals surface area contributed by atoms with Crippen LogP contribution in [0.2, 0.25) is 0 Å². The first-order chi connectivity index (χ1) is 16.8. The van der Waals surface area contributed by atoms with Crippen LogP contribution in [0.1, 0.15) is 37.2 Å². The maximum atomic E-state index is 12.1. The summed E-state index contributed by atoms with van der Waals surface area (Å²) in [7, 11) is 3.22. The number of hydrogen-bond acceptors (Lipinski definition) is 6. The zero-order valence-electron chi connectivity index (χ0n) is 19.8. The van der Waals surface area contributed by atoms with Crippen LogP contribution < -0.4 is 9.47 Å². The van der Waals surface area contributed by atoms with Gasteiger partial charge in [0.2, 0.25) is 0 Å². The van der Waals surface area contributed by atoms with Crippen LogP contribution in [0.3, 0.4) is 0 Å². The average Bonchev–Trinajstić information content (AvgIpc) is 2.84. The molecule has 0 spiro atoms. The number of benzene rings is 4. The van der Waals surface area contributed by atoms with Gasteiger partial charge in [-0.25, -0.2) is 0 Å². The number of hydrogen-bond donors (Lipinski definition) is 0. The van der Waals surface area contributed by atoms with Gasteiger partial charge in [0.1, 0.15) is 0 Å². The molecule has 4 rings (SSSR count). The number of carbonyl (C=O) groups is 2. The summed E-state index contributed by atoms with van der Waals surface area (Å²) in [5.41, 5.74) is 1.40. The van der Waals surface area contributed by atoms with Gasteiger partial charge in [-0.05, 0) is 52.1 Å². The Labute approximate surface area is 211 Å². The number of carbonyl (C=O) groups excluding carboxylic acids is 2. The van der Waals surface area contributed by atoms with E-state index in [-0.39, 0.29) is 0 Å². The second kappa shape index (κ2) is 10.4. The summed E-state index contributed by atoms with van der Waals surface area (Å²) < 4.78 is 23.2.